The molecule has 1 amide bonds. The molecule has 39 heavy (non-hydrogen) atoms. The molecule has 2 aliphatic heterocycles. The molecule has 3 aliphatic rings. The third kappa shape index (κ3) is 7.40. The lowest BCUT2D eigenvalue weighted by atomic mass is 9.77. The highest BCUT2D eigenvalue weighted by Crippen LogP contribution is 2.36. The van der Waals surface area contributed by atoms with E-state index < -0.39 is 11.7 Å². The Labute approximate surface area is 229 Å². The molecule has 4 rings (SSSR count). The van der Waals surface area contributed by atoms with E-state index in [0.717, 1.165) is 54.2 Å². The Bertz CT molecular complexity index is 1270. The smallest absolute Gasteiger partial charge is 0.356 e. The lowest BCUT2D eigenvalue weighted by Gasteiger charge is -2.32. The van der Waals surface area contributed by atoms with Crippen LogP contribution in [0.15, 0.2) is 81.7 Å². The standard InChI is InChI=1S/C32H38F3N3O/c1-20-17-27(18-20)37-31-23(4)22(3)28(25-8-6-10-30(39)36-16-15-25)13-11-21(2)29(38-31)14-12-24-7-5-9-26(19-24)32(33,34)35/h5,7,9,12-14,17-19,22-23,25H,6,8,10-11,15-16H2,1-4H3,(H,36,39)(H,37,38)/b14-12+,28-13?,29-21?. The molecule has 0 aromatic heterocycles. The number of benzene rings is 1. The van der Waals surface area contributed by atoms with Crippen LogP contribution in [0.3, 0.4) is 0 Å². The minimum absolute atomic E-state index is 0.0781. The van der Waals surface area contributed by atoms with Crippen LogP contribution in [-0.2, 0) is 11.0 Å². The summed E-state index contributed by atoms with van der Waals surface area (Å²) in [5.41, 5.74) is 5.19. The SMILES string of the molecule is CC1=CC(NC2=NC(/C=C/c3cccc(C(F)(F)F)c3)=C(C)CC=C(C3CCCC(=O)NCC3)C(C)C2C)=C1. The van der Waals surface area contributed by atoms with Gasteiger partial charge in [0.05, 0.1) is 11.3 Å². The number of halogens is 3. The summed E-state index contributed by atoms with van der Waals surface area (Å²) in [4.78, 5) is 16.9. The fraction of sp³-hybridized carbons (Fsp3) is 0.438. The number of rotatable bonds is 4. The molecule has 0 bridgehead atoms. The number of amidine groups is 1. The van der Waals surface area contributed by atoms with Gasteiger partial charge in [-0.05, 0) is 98.4 Å². The van der Waals surface area contributed by atoms with Crippen LogP contribution >= 0.6 is 0 Å². The molecule has 3 atom stereocenters. The van der Waals surface area contributed by atoms with Crippen molar-refractivity contribution in [3.63, 3.8) is 0 Å². The Morgan fingerprint density at radius 1 is 1.08 bits per heavy atom. The fourth-order valence-corrected chi connectivity index (χ4v) is 5.43. The molecular weight excluding hydrogens is 499 g/mol. The fourth-order valence-electron chi connectivity index (χ4n) is 5.43. The molecule has 1 aromatic rings. The maximum atomic E-state index is 13.2. The van der Waals surface area contributed by atoms with Gasteiger partial charge in [-0.2, -0.15) is 13.2 Å². The van der Waals surface area contributed by atoms with Gasteiger partial charge in [0.15, 0.2) is 0 Å². The molecular formula is C32H38F3N3O. The molecule has 1 aliphatic carbocycles. The van der Waals surface area contributed by atoms with E-state index in [0.29, 0.717) is 30.9 Å². The van der Waals surface area contributed by atoms with Crippen molar-refractivity contribution in [3.05, 3.63) is 87.8 Å². The average molecular weight is 538 g/mol. The number of hydrogen-bond acceptors (Lipinski definition) is 3. The Balaban J connectivity index is 1.69. The summed E-state index contributed by atoms with van der Waals surface area (Å²) in [6.07, 6.45) is 9.65. The van der Waals surface area contributed by atoms with Crippen molar-refractivity contribution in [1.82, 2.24) is 10.6 Å². The third-order valence-electron chi connectivity index (χ3n) is 7.96. The minimum atomic E-state index is -4.39. The number of amides is 1. The normalized spacial score (nSPS) is 25.1. The van der Waals surface area contributed by atoms with Gasteiger partial charge in [0, 0.05) is 24.6 Å². The van der Waals surface area contributed by atoms with Gasteiger partial charge in [0.25, 0.3) is 0 Å². The summed E-state index contributed by atoms with van der Waals surface area (Å²) in [7, 11) is 0. The average Bonchev–Trinajstić information content (AvgIpc) is 2.89. The van der Waals surface area contributed by atoms with Crippen molar-refractivity contribution in [1.29, 1.82) is 0 Å². The summed E-state index contributed by atoms with van der Waals surface area (Å²) in [5.74, 6) is 1.65. The molecule has 7 heteroatoms. The number of alkyl halides is 3. The van der Waals surface area contributed by atoms with Crippen molar-refractivity contribution in [2.45, 2.75) is 66.0 Å². The highest BCUT2D eigenvalue weighted by molar-refractivity contribution is 5.88. The third-order valence-corrected chi connectivity index (χ3v) is 7.96. The van der Waals surface area contributed by atoms with E-state index in [4.69, 9.17) is 4.99 Å². The minimum Gasteiger partial charge on any atom is -0.356 e. The largest absolute Gasteiger partial charge is 0.416 e. The summed E-state index contributed by atoms with van der Waals surface area (Å²) >= 11 is 0. The predicted octanol–water partition coefficient (Wildman–Crippen LogP) is 7.73. The molecule has 1 fully saturated rings. The molecule has 208 valence electrons. The number of aliphatic imine (C=N–C) groups is 1. The summed E-state index contributed by atoms with van der Waals surface area (Å²) in [5, 5.41) is 6.55. The molecule has 1 saturated heterocycles. The van der Waals surface area contributed by atoms with Crippen LogP contribution in [0.5, 0.6) is 0 Å². The van der Waals surface area contributed by atoms with Crippen LogP contribution in [-0.4, -0.2) is 18.3 Å². The summed E-state index contributed by atoms with van der Waals surface area (Å²) in [6.45, 7) is 9.19. The Hall–Kier alpha value is -3.35. The van der Waals surface area contributed by atoms with E-state index in [1.807, 2.05) is 19.9 Å². The zero-order valence-corrected chi connectivity index (χ0v) is 23.2. The van der Waals surface area contributed by atoms with Crippen LogP contribution in [0.25, 0.3) is 6.08 Å². The quantitative estimate of drug-likeness (QED) is 0.386. The number of carbonyl (C=O) groups excluding carboxylic acids is 1. The first kappa shape index (κ1) is 28.7. The van der Waals surface area contributed by atoms with E-state index in [-0.39, 0.29) is 17.7 Å². The van der Waals surface area contributed by atoms with Gasteiger partial charge in [0.2, 0.25) is 5.91 Å². The number of hydrogen-bond donors (Lipinski definition) is 2. The number of carbonyl (C=O) groups is 1. The molecule has 2 N–H and O–H groups in total. The highest BCUT2D eigenvalue weighted by Gasteiger charge is 2.31. The molecule has 0 radical (unpaired) electrons. The zero-order chi connectivity index (χ0) is 28.2. The monoisotopic (exact) mass is 537 g/mol. The topological polar surface area (TPSA) is 53.5 Å². The maximum absolute atomic E-state index is 13.2. The van der Waals surface area contributed by atoms with Crippen molar-refractivity contribution in [2.75, 3.05) is 6.54 Å². The summed E-state index contributed by atoms with van der Waals surface area (Å²) < 4.78 is 39.7. The second-order valence-electron chi connectivity index (χ2n) is 10.9. The first-order valence-corrected chi connectivity index (χ1v) is 13.8. The van der Waals surface area contributed by atoms with Crippen LogP contribution in [0.1, 0.15) is 70.9 Å². The van der Waals surface area contributed by atoms with Gasteiger partial charge < -0.3 is 10.6 Å². The number of nitrogens with one attached hydrogen (secondary N) is 2. The van der Waals surface area contributed by atoms with Gasteiger partial charge in [0.1, 0.15) is 5.84 Å². The van der Waals surface area contributed by atoms with Crippen LogP contribution < -0.4 is 10.6 Å². The van der Waals surface area contributed by atoms with Gasteiger partial charge in [-0.1, -0.05) is 43.7 Å². The first-order chi connectivity index (χ1) is 18.5. The Kier molecular flexibility index (Phi) is 8.98. The van der Waals surface area contributed by atoms with Crippen molar-refractivity contribution >= 4 is 17.8 Å². The van der Waals surface area contributed by atoms with E-state index >= 15 is 0 Å². The highest BCUT2D eigenvalue weighted by atomic mass is 19.4. The second-order valence-corrected chi connectivity index (χ2v) is 10.9. The molecule has 1 aromatic carbocycles. The van der Waals surface area contributed by atoms with Gasteiger partial charge >= 0.3 is 6.18 Å². The van der Waals surface area contributed by atoms with E-state index in [1.165, 1.54) is 17.2 Å². The lowest BCUT2D eigenvalue weighted by molar-refractivity contribution is -0.137. The van der Waals surface area contributed by atoms with Gasteiger partial charge in [-0.25, -0.2) is 4.99 Å². The van der Waals surface area contributed by atoms with Crippen LogP contribution in [0.2, 0.25) is 0 Å². The zero-order valence-electron chi connectivity index (χ0n) is 23.2. The summed E-state index contributed by atoms with van der Waals surface area (Å²) in [6, 6.07) is 5.34. The Morgan fingerprint density at radius 2 is 1.85 bits per heavy atom. The second kappa shape index (κ2) is 12.2. The molecule has 4 nitrogen and oxygen atoms in total. The predicted molar refractivity (Wildman–Crippen MR) is 152 cm³/mol. The number of allylic oxidation sites excluding steroid dienone is 7. The lowest BCUT2D eigenvalue weighted by Crippen LogP contribution is -2.35. The van der Waals surface area contributed by atoms with Crippen molar-refractivity contribution < 1.29 is 18.0 Å². The van der Waals surface area contributed by atoms with Crippen molar-refractivity contribution in [2.24, 2.45) is 22.7 Å². The Morgan fingerprint density at radius 3 is 2.56 bits per heavy atom. The van der Waals surface area contributed by atoms with Crippen molar-refractivity contribution in [3.8, 4) is 0 Å². The van der Waals surface area contributed by atoms with E-state index in [1.54, 1.807) is 12.1 Å². The van der Waals surface area contributed by atoms with Crippen LogP contribution in [0, 0.1) is 17.8 Å². The molecule has 0 saturated carbocycles. The first-order valence-electron chi connectivity index (χ1n) is 13.8. The maximum Gasteiger partial charge on any atom is 0.416 e. The van der Waals surface area contributed by atoms with Crippen LogP contribution in [0.4, 0.5) is 13.2 Å². The number of nitrogens with zero attached hydrogens (tertiary/aromatic N) is 1. The molecule has 0 spiro atoms. The van der Waals surface area contributed by atoms with E-state index in [9.17, 15) is 18.0 Å². The van der Waals surface area contributed by atoms with Gasteiger partial charge in [-0.3, -0.25) is 4.79 Å². The molecule has 2 heterocycles. The van der Waals surface area contributed by atoms with Gasteiger partial charge in [-0.15, -0.1) is 0 Å². The molecule has 3 unspecified atom stereocenters. The van der Waals surface area contributed by atoms with E-state index in [2.05, 4.69) is 42.7 Å².